The van der Waals surface area contributed by atoms with Crippen LogP contribution in [-0.2, 0) is 6.54 Å². The van der Waals surface area contributed by atoms with Gasteiger partial charge in [-0.25, -0.2) is 4.39 Å². The average molecular weight is 385 g/mol. The molecule has 2 aliphatic heterocycles. The lowest BCUT2D eigenvalue weighted by molar-refractivity contribution is 0.0667. The Hall–Kier alpha value is -2.21. The van der Waals surface area contributed by atoms with Crippen LogP contribution < -0.4 is 0 Å². The van der Waals surface area contributed by atoms with Crippen molar-refractivity contribution in [1.29, 1.82) is 0 Å². The minimum absolute atomic E-state index is 0.0248. The molecule has 5 nitrogen and oxygen atoms in total. The molecular formula is C22H28FN3O2. The van der Waals surface area contributed by atoms with Crippen molar-refractivity contribution in [3.05, 3.63) is 53.2 Å². The van der Waals surface area contributed by atoms with Crippen LogP contribution in [0.3, 0.4) is 0 Å². The van der Waals surface area contributed by atoms with Gasteiger partial charge < -0.3 is 9.42 Å². The van der Waals surface area contributed by atoms with E-state index in [0.29, 0.717) is 5.69 Å². The fourth-order valence-electron chi connectivity index (χ4n) is 4.56. The van der Waals surface area contributed by atoms with E-state index in [9.17, 15) is 9.18 Å². The highest BCUT2D eigenvalue weighted by molar-refractivity contribution is 5.92. The van der Waals surface area contributed by atoms with Crippen molar-refractivity contribution in [2.45, 2.75) is 45.6 Å². The second-order valence-corrected chi connectivity index (χ2v) is 8.69. The van der Waals surface area contributed by atoms with E-state index >= 15 is 0 Å². The predicted octanol–water partition coefficient (Wildman–Crippen LogP) is 4.07. The number of amides is 1. The Morgan fingerprint density at radius 2 is 2.00 bits per heavy atom. The van der Waals surface area contributed by atoms with Crippen LogP contribution in [0.1, 0.15) is 60.8 Å². The number of aromatic nitrogens is 1. The van der Waals surface area contributed by atoms with E-state index in [2.05, 4.69) is 10.1 Å². The summed E-state index contributed by atoms with van der Waals surface area (Å²) >= 11 is 0. The third-order valence-electron chi connectivity index (χ3n) is 6.10. The summed E-state index contributed by atoms with van der Waals surface area (Å²) in [5, 5.41) is 3.99. The molecule has 1 aromatic heterocycles. The van der Waals surface area contributed by atoms with Crippen molar-refractivity contribution >= 4 is 5.91 Å². The molecule has 0 aliphatic carbocycles. The fraction of sp³-hybridized carbons (Fsp3) is 0.545. The number of hydrogen-bond donors (Lipinski definition) is 0. The topological polar surface area (TPSA) is 49.6 Å². The van der Waals surface area contributed by atoms with Gasteiger partial charge in [0.25, 0.3) is 5.91 Å². The number of nitrogens with zero attached hydrogens (tertiary/aromatic N) is 3. The molecule has 0 N–H and O–H groups in total. The molecule has 0 radical (unpaired) electrons. The van der Waals surface area contributed by atoms with E-state index in [1.807, 2.05) is 30.9 Å². The SMILES string of the molecule is CC(C)c1cc(C(=O)N2CC[C@]3(CCCN(Cc4ccc(F)cc4)C3)C2)no1. The fourth-order valence-corrected chi connectivity index (χ4v) is 4.56. The van der Waals surface area contributed by atoms with E-state index in [1.165, 1.54) is 12.1 Å². The average Bonchev–Trinajstić information content (AvgIpc) is 3.31. The molecule has 4 rings (SSSR count). The lowest BCUT2D eigenvalue weighted by Crippen LogP contribution is -2.45. The minimum Gasteiger partial charge on any atom is -0.360 e. The predicted molar refractivity (Wildman–Crippen MR) is 104 cm³/mol. The van der Waals surface area contributed by atoms with Gasteiger partial charge in [0, 0.05) is 43.6 Å². The normalized spacial score (nSPS) is 23.1. The molecular weight excluding hydrogens is 357 g/mol. The standard InChI is InChI=1S/C22H28FN3O2/c1-16(2)20-12-19(24-28-20)21(27)26-11-9-22(15-26)8-3-10-25(14-22)13-17-4-6-18(23)7-5-17/h4-7,12,16H,3,8-11,13-15H2,1-2H3/t22-/m0/s1. The summed E-state index contributed by atoms with van der Waals surface area (Å²) < 4.78 is 18.5. The molecule has 2 saturated heterocycles. The van der Waals surface area contributed by atoms with Crippen molar-refractivity contribution in [2.75, 3.05) is 26.2 Å². The maximum atomic E-state index is 13.1. The molecule has 2 aromatic rings. The molecule has 6 heteroatoms. The first-order valence-electron chi connectivity index (χ1n) is 10.2. The van der Waals surface area contributed by atoms with Crippen molar-refractivity contribution < 1.29 is 13.7 Å². The molecule has 28 heavy (non-hydrogen) atoms. The lowest BCUT2D eigenvalue weighted by atomic mass is 9.79. The molecule has 150 valence electrons. The smallest absolute Gasteiger partial charge is 0.276 e. The highest BCUT2D eigenvalue weighted by atomic mass is 19.1. The Morgan fingerprint density at radius 1 is 1.21 bits per heavy atom. The number of carbonyl (C=O) groups is 1. The number of benzene rings is 1. The van der Waals surface area contributed by atoms with Gasteiger partial charge in [-0.15, -0.1) is 0 Å². The van der Waals surface area contributed by atoms with E-state index in [0.717, 1.165) is 63.3 Å². The maximum Gasteiger partial charge on any atom is 0.276 e. The van der Waals surface area contributed by atoms with Crippen LogP contribution in [0.4, 0.5) is 4.39 Å². The van der Waals surface area contributed by atoms with Gasteiger partial charge in [-0.2, -0.15) is 0 Å². The van der Waals surface area contributed by atoms with Gasteiger partial charge in [0.2, 0.25) is 0 Å². The number of likely N-dealkylation sites (tertiary alicyclic amines) is 2. The Morgan fingerprint density at radius 3 is 2.71 bits per heavy atom. The quantitative estimate of drug-likeness (QED) is 0.796. The first kappa shape index (κ1) is 19.1. The van der Waals surface area contributed by atoms with Gasteiger partial charge >= 0.3 is 0 Å². The van der Waals surface area contributed by atoms with E-state index < -0.39 is 0 Å². The highest BCUT2D eigenvalue weighted by Crippen LogP contribution is 2.39. The number of piperidine rings is 1. The summed E-state index contributed by atoms with van der Waals surface area (Å²) in [7, 11) is 0. The Kier molecular flexibility index (Phi) is 5.23. The van der Waals surface area contributed by atoms with Crippen LogP contribution >= 0.6 is 0 Å². The lowest BCUT2D eigenvalue weighted by Gasteiger charge is -2.40. The third-order valence-corrected chi connectivity index (χ3v) is 6.10. The first-order valence-corrected chi connectivity index (χ1v) is 10.2. The van der Waals surface area contributed by atoms with Crippen molar-refractivity contribution in [1.82, 2.24) is 15.0 Å². The summed E-state index contributed by atoms with van der Waals surface area (Å²) in [5.74, 6) is 0.748. The van der Waals surface area contributed by atoms with Crippen LogP contribution in [-0.4, -0.2) is 47.0 Å². The molecule has 2 fully saturated rings. The minimum atomic E-state index is -0.197. The van der Waals surface area contributed by atoms with Gasteiger partial charge in [-0.05, 0) is 43.5 Å². The second-order valence-electron chi connectivity index (χ2n) is 8.69. The summed E-state index contributed by atoms with van der Waals surface area (Å²) in [4.78, 5) is 17.2. The molecule has 0 unspecified atom stereocenters. The van der Waals surface area contributed by atoms with Crippen LogP contribution in [0.5, 0.6) is 0 Å². The summed E-state index contributed by atoms with van der Waals surface area (Å²) in [5.41, 5.74) is 1.70. The van der Waals surface area contributed by atoms with Crippen LogP contribution in [0.25, 0.3) is 0 Å². The summed E-state index contributed by atoms with van der Waals surface area (Å²) in [6, 6.07) is 8.54. The number of hydrogen-bond acceptors (Lipinski definition) is 4. The van der Waals surface area contributed by atoms with E-state index in [1.54, 1.807) is 6.07 Å². The number of carbonyl (C=O) groups excluding carboxylic acids is 1. The largest absolute Gasteiger partial charge is 0.360 e. The zero-order chi connectivity index (χ0) is 19.7. The molecule has 1 amide bonds. The third kappa shape index (κ3) is 3.97. The molecule has 2 aliphatic rings. The van der Waals surface area contributed by atoms with Gasteiger partial charge in [0.1, 0.15) is 11.6 Å². The number of halogens is 1. The zero-order valence-corrected chi connectivity index (χ0v) is 16.7. The summed E-state index contributed by atoms with van der Waals surface area (Å²) in [6.07, 6.45) is 3.30. The van der Waals surface area contributed by atoms with E-state index in [4.69, 9.17) is 4.52 Å². The molecule has 0 saturated carbocycles. The second kappa shape index (κ2) is 7.66. The van der Waals surface area contributed by atoms with Gasteiger partial charge in [-0.1, -0.05) is 31.1 Å². The molecule has 1 atom stereocenters. The van der Waals surface area contributed by atoms with Crippen molar-refractivity contribution in [2.24, 2.45) is 5.41 Å². The monoisotopic (exact) mass is 385 g/mol. The summed E-state index contributed by atoms with van der Waals surface area (Å²) in [6.45, 7) is 8.45. The molecule has 0 bridgehead atoms. The van der Waals surface area contributed by atoms with Crippen LogP contribution in [0.15, 0.2) is 34.9 Å². The highest BCUT2D eigenvalue weighted by Gasteiger charge is 2.43. The number of rotatable bonds is 4. The molecule has 1 aromatic carbocycles. The van der Waals surface area contributed by atoms with Crippen molar-refractivity contribution in [3.8, 4) is 0 Å². The first-order chi connectivity index (χ1) is 13.4. The molecule has 1 spiro atoms. The van der Waals surface area contributed by atoms with Gasteiger partial charge in [-0.3, -0.25) is 9.69 Å². The Bertz CT molecular complexity index is 833. The van der Waals surface area contributed by atoms with Gasteiger partial charge in [0.15, 0.2) is 5.69 Å². The van der Waals surface area contributed by atoms with E-state index in [-0.39, 0.29) is 23.1 Å². The van der Waals surface area contributed by atoms with Crippen molar-refractivity contribution in [3.63, 3.8) is 0 Å². The Balaban J connectivity index is 1.40. The Labute approximate surface area is 165 Å². The zero-order valence-electron chi connectivity index (χ0n) is 16.7. The van der Waals surface area contributed by atoms with Crippen LogP contribution in [0.2, 0.25) is 0 Å². The molecule has 3 heterocycles. The maximum absolute atomic E-state index is 13.1. The van der Waals surface area contributed by atoms with Crippen LogP contribution in [0, 0.1) is 11.2 Å². The van der Waals surface area contributed by atoms with Gasteiger partial charge in [0.05, 0.1) is 0 Å².